The molecule has 1 aliphatic rings. The van der Waals surface area contributed by atoms with Crippen LogP contribution in [0.2, 0.25) is 0 Å². The molecule has 3 heterocycles. The van der Waals surface area contributed by atoms with Crippen molar-refractivity contribution in [3.63, 3.8) is 0 Å². The van der Waals surface area contributed by atoms with Gasteiger partial charge in [0.1, 0.15) is 5.01 Å². The first-order chi connectivity index (χ1) is 15.8. The second-order valence-electron chi connectivity index (χ2n) is 8.50. The number of hydrogen-bond donors (Lipinski definition) is 1. The second-order valence-corrected chi connectivity index (χ2v) is 9.57. The second kappa shape index (κ2) is 9.44. The van der Waals surface area contributed by atoms with Crippen molar-refractivity contribution >= 4 is 17.2 Å². The lowest BCUT2D eigenvalue weighted by molar-refractivity contribution is 0.0228. The lowest BCUT2D eigenvalue weighted by Gasteiger charge is -2.40. The molecule has 8 nitrogen and oxygen atoms in total. The fourth-order valence-electron chi connectivity index (χ4n) is 4.13. The average Bonchev–Trinajstić information content (AvgIpc) is 3.24. The Kier molecular flexibility index (Phi) is 6.62. The Labute approximate surface area is 196 Å². The predicted molar refractivity (Wildman–Crippen MR) is 127 cm³/mol. The molecule has 0 radical (unpaired) electrons. The first-order valence-corrected chi connectivity index (χ1v) is 11.9. The van der Waals surface area contributed by atoms with Gasteiger partial charge in [0, 0.05) is 31.8 Å². The lowest BCUT2D eigenvalue weighted by atomic mass is 10.1. The summed E-state index contributed by atoms with van der Waals surface area (Å²) in [4.78, 5) is 27.9. The molecule has 1 aromatic carbocycles. The number of ether oxygens (including phenoxy) is 1. The van der Waals surface area contributed by atoms with Crippen LogP contribution in [0.4, 0.5) is 0 Å². The number of fused-ring (bicyclic) bond motifs is 1. The van der Waals surface area contributed by atoms with Crippen molar-refractivity contribution in [2.75, 3.05) is 13.2 Å². The lowest BCUT2D eigenvalue weighted by Crippen LogP contribution is -2.53. The molecule has 1 N–H and O–H groups in total. The minimum Gasteiger partial charge on any atom is -0.503 e. The van der Waals surface area contributed by atoms with Crippen LogP contribution in [0.1, 0.15) is 47.4 Å². The largest absolute Gasteiger partial charge is 0.503 e. The fraction of sp³-hybridized carbons (Fsp3) is 0.417. The van der Waals surface area contributed by atoms with Crippen LogP contribution in [-0.2, 0) is 17.7 Å². The SMILES string of the molecule is CCOC[C@@H]1Cn2cc(-c3nnc(Cc4ccc(C)cc4)s3)c(=O)c(O)c2C(=O)N1C(C)C. The van der Waals surface area contributed by atoms with Gasteiger partial charge >= 0.3 is 0 Å². The average molecular weight is 469 g/mol. The summed E-state index contributed by atoms with van der Waals surface area (Å²) >= 11 is 1.31. The monoisotopic (exact) mass is 468 g/mol. The van der Waals surface area contributed by atoms with Crippen molar-refractivity contribution in [3.05, 3.63) is 62.5 Å². The molecule has 0 saturated carbocycles. The third-order valence-corrected chi connectivity index (χ3v) is 6.69. The molecule has 1 amide bonds. The van der Waals surface area contributed by atoms with Gasteiger partial charge in [-0.3, -0.25) is 9.59 Å². The van der Waals surface area contributed by atoms with Gasteiger partial charge in [-0.05, 0) is 33.3 Å². The third-order valence-electron chi connectivity index (χ3n) is 5.74. The Bertz CT molecular complexity index is 1220. The van der Waals surface area contributed by atoms with Gasteiger partial charge in [-0.1, -0.05) is 41.2 Å². The number of rotatable bonds is 7. The molecule has 33 heavy (non-hydrogen) atoms. The maximum Gasteiger partial charge on any atom is 0.275 e. The zero-order valence-corrected chi connectivity index (χ0v) is 20.1. The van der Waals surface area contributed by atoms with E-state index in [9.17, 15) is 14.7 Å². The molecule has 0 bridgehead atoms. The van der Waals surface area contributed by atoms with Crippen molar-refractivity contribution in [2.45, 2.75) is 52.7 Å². The van der Waals surface area contributed by atoms with E-state index in [2.05, 4.69) is 10.2 Å². The first kappa shape index (κ1) is 23.1. The highest BCUT2D eigenvalue weighted by Gasteiger charge is 2.37. The van der Waals surface area contributed by atoms with Crippen molar-refractivity contribution in [3.8, 4) is 16.3 Å². The number of hydrogen-bond acceptors (Lipinski definition) is 7. The fourth-order valence-corrected chi connectivity index (χ4v) is 5.01. The predicted octanol–water partition coefficient (Wildman–Crippen LogP) is 3.24. The summed E-state index contributed by atoms with van der Waals surface area (Å²) in [6.07, 6.45) is 2.22. The van der Waals surface area contributed by atoms with Crippen LogP contribution in [0, 0.1) is 6.92 Å². The van der Waals surface area contributed by atoms with Gasteiger partial charge in [-0.15, -0.1) is 10.2 Å². The van der Waals surface area contributed by atoms with E-state index in [-0.39, 0.29) is 29.2 Å². The van der Waals surface area contributed by atoms with E-state index < -0.39 is 11.2 Å². The van der Waals surface area contributed by atoms with Crippen LogP contribution in [0.3, 0.4) is 0 Å². The molecular weight excluding hydrogens is 440 g/mol. The maximum absolute atomic E-state index is 13.2. The molecule has 0 saturated heterocycles. The summed E-state index contributed by atoms with van der Waals surface area (Å²) < 4.78 is 7.25. The van der Waals surface area contributed by atoms with Crippen molar-refractivity contribution < 1.29 is 14.6 Å². The van der Waals surface area contributed by atoms with E-state index in [0.717, 1.165) is 10.6 Å². The van der Waals surface area contributed by atoms with E-state index in [4.69, 9.17) is 4.74 Å². The summed E-state index contributed by atoms with van der Waals surface area (Å²) in [7, 11) is 0. The van der Waals surface area contributed by atoms with Gasteiger partial charge in [-0.2, -0.15) is 0 Å². The van der Waals surface area contributed by atoms with E-state index in [1.807, 2.05) is 52.0 Å². The number of pyridine rings is 1. The summed E-state index contributed by atoms with van der Waals surface area (Å²) in [6.45, 7) is 9.09. The van der Waals surface area contributed by atoms with Crippen molar-refractivity contribution in [1.29, 1.82) is 0 Å². The van der Waals surface area contributed by atoms with Crippen molar-refractivity contribution in [1.82, 2.24) is 19.7 Å². The zero-order valence-electron chi connectivity index (χ0n) is 19.2. The van der Waals surface area contributed by atoms with Gasteiger partial charge in [0.05, 0.1) is 18.2 Å². The van der Waals surface area contributed by atoms with Gasteiger partial charge in [0.15, 0.2) is 16.5 Å². The van der Waals surface area contributed by atoms with Crippen LogP contribution in [0.15, 0.2) is 35.3 Å². The number of amides is 1. The summed E-state index contributed by atoms with van der Waals surface area (Å²) in [5, 5.41) is 20.4. The van der Waals surface area contributed by atoms with E-state index >= 15 is 0 Å². The smallest absolute Gasteiger partial charge is 0.275 e. The number of aromatic nitrogens is 3. The molecule has 174 valence electrons. The van der Waals surface area contributed by atoms with Crippen LogP contribution in [-0.4, -0.2) is 56.0 Å². The van der Waals surface area contributed by atoms with Crippen molar-refractivity contribution in [2.24, 2.45) is 0 Å². The number of aryl methyl sites for hydroxylation is 1. The third kappa shape index (κ3) is 4.56. The number of nitrogens with zero attached hydrogens (tertiary/aromatic N) is 4. The molecule has 4 rings (SSSR count). The number of carbonyl (C=O) groups excluding carboxylic acids is 1. The van der Waals surface area contributed by atoms with Gasteiger partial charge in [-0.25, -0.2) is 0 Å². The first-order valence-electron chi connectivity index (χ1n) is 11.0. The topological polar surface area (TPSA) is 97.5 Å². The number of carbonyl (C=O) groups is 1. The molecule has 0 spiro atoms. The molecule has 9 heteroatoms. The van der Waals surface area contributed by atoms with E-state index in [1.165, 1.54) is 16.9 Å². The summed E-state index contributed by atoms with van der Waals surface area (Å²) in [6, 6.07) is 7.87. The number of aromatic hydroxyl groups is 1. The molecule has 1 atom stereocenters. The van der Waals surface area contributed by atoms with Gasteiger partial charge in [0.25, 0.3) is 5.91 Å². The van der Waals surface area contributed by atoms with E-state index in [0.29, 0.717) is 31.2 Å². The Morgan fingerprint density at radius 1 is 1.21 bits per heavy atom. The Balaban J connectivity index is 1.69. The van der Waals surface area contributed by atoms with Crippen LogP contribution < -0.4 is 5.43 Å². The standard InChI is InChI=1S/C24H28N4O4S/c1-5-32-13-17-11-27-12-18(21(29)22(30)20(27)24(31)28(17)14(2)3)23-26-25-19(33-23)10-16-8-6-15(4)7-9-16/h6-9,12,14,17,30H,5,10-11,13H2,1-4H3/t17-/m0/s1. The zero-order chi connectivity index (χ0) is 23.7. The van der Waals surface area contributed by atoms with Crippen LogP contribution in [0.25, 0.3) is 10.6 Å². The Morgan fingerprint density at radius 3 is 2.61 bits per heavy atom. The molecule has 0 aliphatic carbocycles. The number of benzene rings is 1. The van der Waals surface area contributed by atoms with Gasteiger partial charge < -0.3 is 19.3 Å². The highest BCUT2D eigenvalue weighted by molar-refractivity contribution is 7.14. The Morgan fingerprint density at radius 2 is 1.94 bits per heavy atom. The minimum absolute atomic E-state index is 0.00888. The van der Waals surface area contributed by atoms with Crippen LogP contribution in [0.5, 0.6) is 5.75 Å². The highest BCUT2D eigenvalue weighted by atomic mass is 32.1. The molecule has 2 aromatic heterocycles. The minimum atomic E-state index is -0.611. The molecule has 0 unspecified atom stereocenters. The quantitative estimate of drug-likeness (QED) is 0.572. The molecular formula is C24H28N4O4S. The molecule has 1 aliphatic heterocycles. The van der Waals surface area contributed by atoms with E-state index in [1.54, 1.807) is 15.7 Å². The Hall–Kier alpha value is -3.04. The maximum atomic E-state index is 13.2. The van der Waals surface area contributed by atoms with Crippen LogP contribution >= 0.6 is 11.3 Å². The molecule has 3 aromatic rings. The van der Waals surface area contributed by atoms with Gasteiger partial charge in [0.2, 0.25) is 5.43 Å². The molecule has 0 fully saturated rings. The highest BCUT2D eigenvalue weighted by Crippen LogP contribution is 2.30. The summed E-state index contributed by atoms with van der Waals surface area (Å²) in [5.74, 6) is -0.923. The normalized spacial score (nSPS) is 15.8. The summed E-state index contributed by atoms with van der Waals surface area (Å²) in [5.41, 5.74) is 1.92.